The van der Waals surface area contributed by atoms with Crippen molar-refractivity contribution in [1.82, 2.24) is 10.2 Å². The predicted molar refractivity (Wildman–Crippen MR) is 85.0 cm³/mol. The van der Waals surface area contributed by atoms with Crippen molar-refractivity contribution >= 4 is 11.8 Å². The fourth-order valence-electron chi connectivity index (χ4n) is 3.03. The quantitative estimate of drug-likeness (QED) is 0.922. The van der Waals surface area contributed by atoms with E-state index in [0.717, 1.165) is 31.2 Å². The zero-order valence-corrected chi connectivity index (χ0v) is 13.1. The molecular formula is C18H21N3O2. The minimum Gasteiger partial charge on any atom is -0.352 e. The number of likely N-dealkylation sites (tertiary alicyclic amines) is 1. The molecule has 3 rings (SSSR count). The second-order valence-corrected chi connectivity index (χ2v) is 6.40. The maximum atomic E-state index is 12.3. The van der Waals surface area contributed by atoms with Crippen LogP contribution in [0.5, 0.6) is 0 Å². The maximum Gasteiger partial charge on any atom is 0.225 e. The number of nitrogens with zero attached hydrogens (tertiary/aromatic N) is 2. The van der Waals surface area contributed by atoms with Gasteiger partial charge >= 0.3 is 0 Å². The first-order valence-electron chi connectivity index (χ1n) is 8.23. The van der Waals surface area contributed by atoms with Gasteiger partial charge in [0.05, 0.1) is 11.6 Å². The van der Waals surface area contributed by atoms with E-state index in [1.165, 1.54) is 0 Å². The van der Waals surface area contributed by atoms with Gasteiger partial charge in [-0.05, 0) is 43.4 Å². The van der Waals surface area contributed by atoms with E-state index in [1.807, 2.05) is 17.0 Å². The van der Waals surface area contributed by atoms with Gasteiger partial charge in [-0.1, -0.05) is 12.1 Å². The SMILES string of the molecule is N#Cc1cccc(CNC(=O)C2CCN(C(=O)C3CC3)CC2)c1. The Kier molecular flexibility index (Phi) is 4.61. The van der Waals surface area contributed by atoms with E-state index in [4.69, 9.17) is 5.26 Å². The molecule has 1 saturated heterocycles. The van der Waals surface area contributed by atoms with E-state index in [0.29, 0.717) is 25.2 Å². The molecule has 5 nitrogen and oxygen atoms in total. The number of hydrogen-bond acceptors (Lipinski definition) is 3. The number of benzene rings is 1. The maximum absolute atomic E-state index is 12.3. The van der Waals surface area contributed by atoms with Crippen molar-refractivity contribution in [2.24, 2.45) is 11.8 Å². The fraction of sp³-hybridized carbons (Fsp3) is 0.500. The zero-order valence-electron chi connectivity index (χ0n) is 13.1. The third-order valence-corrected chi connectivity index (χ3v) is 4.63. The molecule has 2 aliphatic rings. The molecule has 2 fully saturated rings. The fourth-order valence-corrected chi connectivity index (χ4v) is 3.03. The van der Waals surface area contributed by atoms with Crippen LogP contribution in [0, 0.1) is 23.2 Å². The van der Waals surface area contributed by atoms with Crippen LogP contribution in [0.3, 0.4) is 0 Å². The topological polar surface area (TPSA) is 73.2 Å². The molecule has 1 aliphatic carbocycles. The lowest BCUT2D eigenvalue weighted by Crippen LogP contribution is -2.43. The van der Waals surface area contributed by atoms with Gasteiger partial charge in [0.15, 0.2) is 0 Å². The van der Waals surface area contributed by atoms with Crippen molar-refractivity contribution < 1.29 is 9.59 Å². The highest BCUT2D eigenvalue weighted by molar-refractivity contribution is 5.82. The first-order chi connectivity index (χ1) is 11.2. The van der Waals surface area contributed by atoms with Crippen LogP contribution in [0.1, 0.15) is 36.8 Å². The van der Waals surface area contributed by atoms with Gasteiger partial charge in [0.2, 0.25) is 11.8 Å². The number of nitrogens with one attached hydrogen (secondary N) is 1. The van der Waals surface area contributed by atoms with E-state index in [1.54, 1.807) is 12.1 Å². The summed E-state index contributed by atoms with van der Waals surface area (Å²) in [5.41, 5.74) is 1.53. The second kappa shape index (κ2) is 6.82. The summed E-state index contributed by atoms with van der Waals surface area (Å²) in [5.74, 6) is 0.563. The van der Waals surface area contributed by atoms with Crippen molar-refractivity contribution in [3.8, 4) is 6.07 Å². The van der Waals surface area contributed by atoms with E-state index >= 15 is 0 Å². The normalized spacial score (nSPS) is 18.3. The molecule has 0 unspecified atom stereocenters. The van der Waals surface area contributed by atoms with Crippen molar-refractivity contribution in [1.29, 1.82) is 5.26 Å². The van der Waals surface area contributed by atoms with Crippen LogP contribution in [-0.4, -0.2) is 29.8 Å². The third-order valence-electron chi connectivity index (χ3n) is 4.63. The van der Waals surface area contributed by atoms with Crippen LogP contribution in [0.15, 0.2) is 24.3 Å². The molecule has 0 spiro atoms. The van der Waals surface area contributed by atoms with Gasteiger partial charge in [-0.15, -0.1) is 0 Å². The summed E-state index contributed by atoms with van der Waals surface area (Å²) >= 11 is 0. The van der Waals surface area contributed by atoms with Crippen LogP contribution < -0.4 is 5.32 Å². The Morgan fingerprint density at radius 1 is 1.17 bits per heavy atom. The molecule has 1 aliphatic heterocycles. The zero-order chi connectivity index (χ0) is 16.2. The van der Waals surface area contributed by atoms with Crippen LogP contribution in [-0.2, 0) is 16.1 Å². The Hall–Kier alpha value is -2.35. The number of nitriles is 1. The Labute approximate surface area is 136 Å². The first kappa shape index (κ1) is 15.5. The predicted octanol–water partition coefficient (Wildman–Crippen LogP) is 1.82. The lowest BCUT2D eigenvalue weighted by atomic mass is 9.95. The standard InChI is InChI=1S/C18H21N3O2/c19-11-13-2-1-3-14(10-13)12-20-17(22)15-6-8-21(9-7-15)18(23)16-4-5-16/h1-3,10,15-16H,4-9,12H2,(H,20,22). The summed E-state index contributed by atoms with van der Waals surface area (Å²) in [6.45, 7) is 1.82. The number of hydrogen-bond donors (Lipinski definition) is 1. The van der Waals surface area contributed by atoms with Crippen LogP contribution in [0.2, 0.25) is 0 Å². The molecule has 1 aromatic rings. The monoisotopic (exact) mass is 311 g/mol. The molecule has 0 atom stereocenters. The summed E-state index contributed by atoms with van der Waals surface area (Å²) in [7, 11) is 0. The van der Waals surface area contributed by atoms with Crippen molar-refractivity contribution in [3.05, 3.63) is 35.4 Å². The van der Waals surface area contributed by atoms with E-state index < -0.39 is 0 Å². The van der Waals surface area contributed by atoms with Gasteiger partial charge in [-0.2, -0.15) is 5.26 Å². The highest BCUT2D eigenvalue weighted by Gasteiger charge is 2.35. The number of carbonyl (C=O) groups excluding carboxylic acids is 2. The van der Waals surface area contributed by atoms with Gasteiger partial charge in [0, 0.05) is 31.5 Å². The molecule has 1 aromatic carbocycles. The van der Waals surface area contributed by atoms with Gasteiger partial charge in [-0.3, -0.25) is 9.59 Å². The molecule has 2 amide bonds. The van der Waals surface area contributed by atoms with Gasteiger partial charge in [-0.25, -0.2) is 0 Å². The Bertz CT molecular complexity index is 638. The van der Waals surface area contributed by atoms with Gasteiger partial charge < -0.3 is 10.2 Å². The molecule has 1 N–H and O–H groups in total. The first-order valence-corrected chi connectivity index (χ1v) is 8.23. The Morgan fingerprint density at radius 3 is 2.57 bits per heavy atom. The van der Waals surface area contributed by atoms with Crippen LogP contribution >= 0.6 is 0 Å². The van der Waals surface area contributed by atoms with Crippen LogP contribution in [0.25, 0.3) is 0 Å². The molecule has 1 saturated carbocycles. The lowest BCUT2D eigenvalue weighted by Gasteiger charge is -2.31. The van der Waals surface area contributed by atoms with E-state index in [-0.39, 0.29) is 23.7 Å². The smallest absolute Gasteiger partial charge is 0.225 e. The summed E-state index contributed by atoms with van der Waals surface area (Å²) in [6.07, 6.45) is 3.53. The van der Waals surface area contributed by atoms with Crippen molar-refractivity contribution in [3.63, 3.8) is 0 Å². The van der Waals surface area contributed by atoms with Crippen LogP contribution in [0.4, 0.5) is 0 Å². The average Bonchev–Trinajstić information content (AvgIpc) is 3.44. The van der Waals surface area contributed by atoms with E-state index in [9.17, 15) is 9.59 Å². The minimum atomic E-state index is -0.0163. The number of rotatable bonds is 4. The Morgan fingerprint density at radius 2 is 1.91 bits per heavy atom. The highest BCUT2D eigenvalue weighted by Crippen LogP contribution is 2.32. The average molecular weight is 311 g/mol. The lowest BCUT2D eigenvalue weighted by molar-refractivity contribution is -0.136. The molecule has 0 bridgehead atoms. The number of amides is 2. The summed E-state index contributed by atoms with van der Waals surface area (Å²) in [5, 5.41) is 11.8. The van der Waals surface area contributed by atoms with Gasteiger partial charge in [0.1, 0.15) is 0 Å². The largest absolute Gasteiger partial charge is 0.352 e. The summed E-state index contributed by atoms with van der Waals surface area (Å²) in [4.78, 5) is 26.2. The molecule has 1 heterocycles. The molecule has 0 radical (unpaired) electrons. The molecule has 120 valence electrons. The number of carbonyl (C=O) groups is 2. The highest BCUT2D eigenvalue weighted by atomic mass is 16.2. The molecular weight excluding hydrogens is 290 g/mol. The molecule has 5 heteroatoms. The Balaban J connectivity index is 1.46. The van der Waals surface area contributed by atoms with Crippen molar-refractivity contribution in [2.75, 3.05) is 13.1 Å². The molecule has 23 heavy (non-hydrogen) atoms. The number of piperidine rings is 1. The summed E-state index contributed by atoms with van der Waals surface area (Å²) in [6, 6.07) is 9.36. The minimum absolute atomic E-state index is 0.0163. The van der Waals surface area contributed by atoms with Crippen molar-refractivity contribution in [2.45, 2.75) is 32.2 Å². The second-order valence-electron chi connectivity index (χ2n) is 6.40. The summed E-state index contributed by atoms with van der Waals surface area (Å²) < 4.78 is 0. The third kappa shape index (κ3) is 3.89. The van der Waals surface area contributed by atoms with E-state index in [2.05, 4.69) is 11.4 Å². The van der Waals surface area contributed by atoms with Gasteiger partial charge in [0.25, 0.3) is 0 Å². The molecule has 0 aromatic heterocycles.